The van der Waals surface area contributed by atoms with Crippen LogP contribution in [-0.2, 0) is 71.5 Å². The molecule has 0 aromatic heterocycles. The first kappa shape index (κ1) is 45.4. The van der Waals surface area contributed by atoms with Crippen LogP contribution in [0.4, 0.5) is 0 Å². The van der Waals surface area contributed by atoms with Crippen molar-refractivity contribution in [1.29, 1.82) is 0 Å². The molecule has 0 aromatic rings. The van der Waals surface area contributed by atoms with Crippen molar-refractivity contribution < 1.29 is 76.6 Å². The minimum atomic E-state index is -2.44. The van der Waals surface area contributed by atoms with Gasteiger partial charge in [0, 0.05) is 46.0 Å². The van der Waals surface area contributed by atoms with Gasteiger partial charge in [-0.05, 0) is 42.4 Å². The van der Waals surface area contributed by atoms with Crippen LogP contribution < -0.4 is 0 Å². The number of hydrogen-bond donors (Lipinski definition) is 1. The summed E-state index contributed by atoms with van der Waals surface area (Å²) in [6, 6.07) is 0. The van der Waals surface area contributed by atoms with E-state index in [1.807, 2.05) is 13.8 Å². The molecule has 0 radical (unpaired) electrons. The molecule has 16 nitrogen and oxygen atoms in total. The standard InChI is InChI=1S/C41H58O16/c1-20(2)14-30(45)50-18-27-12-13-28(52-24(8)42)39(11)34(37(54-26(10)44)41(49)23(7)38(48)55-29(41)17-27)40(19-51-40)36(57-32(47)16-22(5)6)33(35(39)53-25(9)43)56-31(46)15-21(3)4/h12-13,17,20-23,28-29,33-37,49H,14-16,18-19H2,1-11H3. The van der Waals surface area contributed by atoms with E-state index in [1.54, 1.807) is 27.7 Å². The molecule has 2 saturated heterocycles. The zero-order valence-corrected chi connectivity index (χ0v) is 34.7. The summed E-state index contributed by atoms with van der Waals surface area (Å²) in [5, 5.41) is 13.1. The highest BCUT2D eigenvalue weighted by Gasteiger charge is 2.81. The van der Waals surface area contributed by atoms with Gasteiger partial charge in [0.25, 0.3) is 0 Å². The molecule has 0 amide bonds. The number of fused-ring (bicyclic) bond motifs is 3. The molecule has 2 aliphatic heterocycles. The molecule has 1 saturated carbocycles. The van der Waals surface area contributed by atoms with E-state index in [0.717, 1.165) is 20.8 Å². The SMILES string of the molecule is CC(=O)OC1C=CC(COC(=O)CC(C)C)=CC2OC(=O)C(C)C2(O)C(OC(C)=O)C2C3(CO3)C(OC(=O)CC(C)C)C(OC(=O)CC(C)C)C(OC(C)=O)C12C. The summed E-state index contributed by atoms with van der Waals surface area (Å²) in [7, 11) is 0. The summed E-state index contributed by atoms with van der Waals surface area (Å²) in [5.41, 5.74) is -5.94. The second-order valence-corrected chi connectivity index (χ2v) is 17.1. The summed E-state index contributed by atoms with van der Waals surface area (Å²) in [5.74, 6) is -8.72. The largest absolute Gasteiger partial charge is 0.461 e. The summed E-state index contributed by atoms with van der Waals surface area (Å²) in [4.78, 5) is 92.9. The first-order valence-electron chi connectivity index (χ1n) is 19.5. The van der Waals surface area contributed by atoms with E-state index in [4.69, 9.17) is 37.9 Å². The number of esters is 7. The second kappa shape index (κ2) is 17.7. The molecule has 11 unspecified atom stereocenters. The van der Waals surface area contributed by atoms with Crippen LogP contribution in [0.2, 0.25) is 0 Å². The fourth-order valence-electron chi connectivity index (χ4n) is 8.35. The van der Waals surface area contributed by atoms with Crippen molar-refractivity contribution in [2.75, 3.05) is 13.2 Å². The smallest absolute Gasteiger partial charge is 0.312 e. The summed E-state index contributed by atoms with van der Waals surface area (Å²) < 4.78 is 48.0. The Labute approximate surface area is 333 Å². The lowest BCUT2D eigenvalue weighted by Gasteiger charge is -2.59. The van der Waals surface area contributed by atoms with Crippen LogP contribution in [0, 0.1) is 35.0 Å². The average molecular weight is 807 g/mol. The van der Waals surface area contributed by atoms with Gasteiger partial charge in [-0.2, -0.15) is 0 Å². The zero-order valence-electron chi connectivity index (χ0n) is 34.7. The molecular formula is C41H58O16. The normalized spacial score (nSPS) is 34.4. The minimum Gasteiger partial charge on any atom is -0.461 e. The first-order chi connectivity index (χ1) is 26.5. The highest BCUT2D eigenvalue weighted by Crippen LogP contribution is 2.63. The van der Waals surface area contributed by atoms with Gasteiger partial charge in [0.05, 0.1) is 17.9 Å². The lowest BCUT2D eigenvalue weighted by Crippen LogP contribution is -2.76. The van der Waals surface area contributed by atoms with Gasteiger partial charge in [-0.25, -0.2) is 0 Å². The Morgan fingerprint density at radius 2 is 1.28 bits per heavy atom. The van der Waals surface area contributed by atoms with Gasteiger partial charge in [0.2, 0.25) is 0 Å². The number of rotatable bonds is 13. The third-order valence-corrected chi connectivity index (χ3v) is 10.9. The third kappa shape index (κ3) is 9.70. The van der Waals surface area contributed by atoms with Gasteiger partial charge in [0.15, 0.2) is 30.0 Å². The maximum atomic E-state index is 13.6. The van der Waals surface area contributed by atoms with E-state index < -0.39 is 107 Å². The molecule has 11 atom stereocenters. The van der Waals surface area contributed by atoms with Crippen LogP contribution in [0.25, 0.3) is 0 Å². The molecule has 318 valence electrons. The monoisotopic (exact) mass is 806 g/mol. The van der Waals surface area contributed by atoms with Crippen LogP contribution in [0.1, 0.15) is 95.4 Å². The molecule has 57 heavy (non-hydrogen) atoms. The van der Waals surface area contributed by atoms with E-state index in [2.05, 4.69) is 0 Å². The van der Waals surface area contributed by atoms with Crippen molar-refractivity contribution in [1.82, 2.24) is 0 Å². The molecular weight excluding hydrogens is 748 g/mol. The second-order valence-electron chi connectivity index (χ2n) is 17.1. The molecule has 1 N–H and O–H groups in total. The first-order valence-corrected chi connectivity index (χ1v) is 19.5. The molecule has 16 heteroatoms. The van der Waals surface area contributed by atoms with Crippen molar-refractivity contribution in [3.63, 3.8) is 0 Å². The van der Waals surface area contributed by atoms with Crippen LogP contribution >= 0.6 is 0 Å². The lowest BCUT2D eigenvalue weighted by atomic mass is 9.51. The predicted molar refractivity (Wildman–Crippen MR) is 197 cm³/mol. The topological polar surface area (TPSA) is 217 Å². The maximum Gasteiger partial charge on any atom is 0.312 e. The fraction of sp³-hybridized carbons (Fsp3) is 0.732. The number of ether oxygens (including phenoxy) is 8. The van der Waals surface area contributed by atoms with E-state index in [9.17, 15) is 38.7 Å². The van der Waals surface area contributed by atoms with Crippen LogP contribution in [0.15, 0.2) is 23.8 Å². The fourth-order valence-corrected chi connectivity index (χ4v) is 8.35. The Balaban J connectivity index is 2.12. The van der Waals surface area contributed by atoms with Gasteiger partial charge in [-0.1, -0.05) is 54.5 Å². The summed E-state index contributed by atoms with van der Waals surface area (Å²) in [6.45, 7) is 16.4. The van der Waals surface area contributed by atoms with Gasteiger partial charge >= 0.3 is 41.8 Å². The molecule has 2 aliphatic carbocycles. The van der Waals surface area contributed by atoms with Crippen LogP contribution in [0.3, 0.4) is 0 Å². The molecule has 0 aromatic carbocycles. The maximum absolute atomic E-state index is 13.6. The Morgan fingerprint density at radius 1 is 0.772 bits per heavy atom. The Kier molecular flexibility index (Phi) is 14.1. The van der Waals surface area contributed by atoms with E-state index in [-0.39, 0.29) is 55.8 Å². The number of hydrogen-bond acceptors (Lipinski definition) is 16. The Hall–Kier alpha value is -4.31. The number of carbonyl (C=O) groups excluding carboxylic acids is 7. The van der Waals surface area contributed by atoms with Gasteiger partial charge < -0.3 is 43.0 Å². The highest BCUT2D eigenvalue weighted by molar-refractivity contribution is 5.78. The molecule has 2 heterocycles. The number of carbonyl (C=O) groups is 7. The molecule has 4 rings (SSSR count). The number of epoxide rings is 1. The third-order valence-electron chi connectivity index (χ3n) is 10.9. The quantitative estimate of drug-likeness (QED) is 0.160. The highest BCUT2D eigenvalue weighted by atomic mass is 16.7. The predicted octanol–water partition coefficient (Wildman–Crippen LogP) is 3.48. The lowest BCUT2D eigenvalue weighted by molar-refractivity contribution is -0.280. The zero-order chi connectivity index (χ0) is 42.8. The van der Waals surface area contributed by atoms with Crippen LogP contribution in [-0.4, -0.2) is 108 Å². The minimum absolute atomic E-state index is 0.0277. The molecule has 4 aliphatic rings. The molecule has 3 fully saturated rings. The van der Waals surface area contributed by atoms with Crippen molar-refractivity contribution >= 4 is 41.8 Å². The van der Waals surface area contributed by atoms with Crippen molar-refractivity contribution in [3.8, 4) is 0 Å². The van der Waals surface area contributed by atoms with E-state index >= 15 is 0 Å². The molecule has 0 bridgehead atoms. The van der Waals surface area contributed by atoms with Gasteiger partial charge in [-0.3, -0.25) is 33.6 Å². The van der Waals surface area contributed by atoms with E-state index in [1.165, 1.54) is 32.1 Å². The van der Waals surface area contributed by atoms with Gasteiger partial charge in [-0.15, -0.1) is 0 Å². The number of aliphatic hydroxyl groups is 1. The van der Waals surface area contributed by atoms with E-state index in [0.29, 0.717) is 0 Å². The van der Waals surface area contributed by atoms with Crippen molar-refractivity contribution in [2.45, 2.75) is 143 Å². The summed E-state index contributed by atoms with van der Waals surface area (Å²) >= 11 is 0. The Bertz CT molecular complexity index is 1640. The van der Waals surface area contributed by atoms with Crippen molar-refractivity contribution in [3.05, 3.63) is 23.8 Å². The summed E-state index contributed by atoms with van der Waals surface area (Å²) in [6.07, 6.45) is -5.52. The van der Waals surface area contributed by atoms with Gasteiger partial charge in [0.1, 0.15) is 24.4 Å². The molecule has 1 spiro atoms. The van der Waals surface area contributed by atoms with Crippen molar-refractivity contribution in [2.24, 2.45) is 35.0 Å². The van der Waals surface area contributed by atoms with Crippen LogP contribution in [0.5, 0.6) is 0 Å². The Morgan fingerprint density at radius 3 is 1.79 bits per heavy atom. The average Bonchev–Trinajstić information content (AvgIpc) is 3.82.